The maximum Gasteiger partial charge on any atom is 0.205 e. The predicted octanol–water partition coefficient (Wildman–Crippen LogP) is 2.46. The summed E-state index contributed by atoms with van der Waals surface area (Å²) in [6.45, 7) is 11.4. The van der Waals surface area contributed by atoms with Gasteiger partial charge in [-0.3, -0.25) is 0 Å². The molecule has 0 aromatic heterocycles. The van der Waals surface area contributed by atoms with Crippen molar-refractivity contribution in [3.63, 3.8) is 0 Å². The highest BCUT2D eigenvalue weighted by molar-refractivity contribution is 6.76. The molecule has 0 aliphatic rings. The SMILES string of the molecule is C[B]C(=O)C(=C(C)C)C(C=O)C(C)(C)C. The van der Waals surface area contributed by atoms with Crippen molar-refractivity contribution in [1.29, 1.82) is 0 Å². The quantitative estimate of drug-likeness (QED) is 0.403. The van der Waals surface area contributed by atoms with Crippen LogP contribution in [0.15, 0.2) is 11.1 Å². The number of aldehydes is 1. The average molecular weight is 207 g/mol. The predicted molar refractivity (Wildman–Crippen MR) is 64.0 cm³/mol. The van der Waals surface area contributed by atoms with Crippen LogP contribution in [0, 0.1) is 11.3 Å². The van der Waals surface area contributed by atoms with E-state index in [4.69, 9.17) is 0 Å². The van der Waals surface area contributed by atoms with Crippen LogP contribution in [-0.4, -0.2) is 19.2 Å². The Balaban J connectivity index is 5.36. The molecule has 0 fully saturated rings. The summed E-state index contributed by atoms with van der Waals surface area (Å²) in [4.78, 5) is 22.8. The molecule has 0 amide bonds. The van der Waals surface area contributed by atoms with Gasteiger partial charge in [0.15, 0.2) is 0 Å². The minimum absolute atomic E-state index is 0.0398. The van der Waals surface area contributed by atoms with Crippen LogP contribution in [-0.2, 0) is 9.59 Å². The fraction of sp³-hybridized carbons (Fsp3) is 0.667. The van der Waals surface area contributed by atoms with E-state index in [1.54, 1.807) is 6.82 Å². The van der Waals surface area contributed by atoms with Gasteiger partial charge in [-0.05, 0) is 24.8 Å². The Morgan fingerprint density at radius 1 is 1.27 bits per heavy atom. The number of allylic oxidation sites excluding steroid dienone is 2. The zero-order valence-corrected chi connectivity index (χ0v) is 10.5. The maximum absolute atomic E-state index is 11.7. The molecule has 1 radical (unpaired) electrons. The molecule has 0 aliphatic heterocycles. The standard InChI is InChI=1S/C12H20BO2/c1-8(2)10(11(15)13-6)9(7-14)12(3,4)5/h7,9H,1-6H3. The number of hydrogen-bond acceptors (Lipinski definition) is 2. The number of rotatable bonds is 4. The molecular weight excluding hydrogens is 187 g/mol. The summed E-state index contributed by atoms with van der Waals surface area (Å²) < 4.78 is 0. The summed E-state index contributed by atoms with van der Waals surface area (Å²) in [5, 5.41) is 0. The molecule has 0 rings (SSSR count). The van der Waals surface area contributed by atoms with E-state index in [1.165, 1.54) is 7.28 Å². The Morgan fingerprint density at radius 2 is 1.73 bits per heavy atom. The average Bonchev–Trinajstić information content (AvgIpc) is 2.09. The second-order valence-electron chi connectivity index (χ2n) is 5.05. The van der Waals surface area contributed by atoms with Crippen LogP contribution in [0.25, 0.3) is 0 Å². The Hall–Kier alpha value is -0.855. The number of hydrogen-bond donors (Lipinski definition) is 0. The van der Waals surface area contributed by atoms with E-state index in [1.807, 2.05) is 34.6 Å². The third-order valence-electron chi connectivity index (χ3n) is 2.45. The van der Waals surface area contributed by atoms with Gasteiger partial charge in [0, 0.05) is 5.92 Å². The molecule has 0 N–H and O–H groups in total. The molecule has 0 heterocycles. The van der Waals surface area contributed by atoms with Crippen LogP contribution in [0.5, 0.6) is 0 Å². The lowest BCUT2D eigenvalue weighted by Gasteiger charge is -2.28. The lowest BCUT2D eigenvalue weighted by Crippen LogP contribution is -2.29. The minimum Gasteiger partial charge on any atom is -0.307 e. The molecule has 0 aromatic rings. The van der Waals surface area contributed by atoms with Crippen LogP contribution in [0.4, 0.5) is 0 Å². The second kappa shape index (κ2) is 5.29. The monoisotopic (exact) mass is 207 g/mol. The van der Waals surface area contributed by atoms with Gasteiger partial charge in [0.25, 0.3) is 0 Å². The highest BCUT2D eigenvalue weighted by Crippen LogP contribution is 2.32. The fourth-order valence-corrected chi connectivity index (χ4v) is 1.57. The van der Waals surface area contributed by atoms with Gasteiger partial charge in [0.1, 0.15) is 12.0 Å². The topological polar surface area (TPSA) is 34.1 Å². The van der Waals surface area contributed by atoms with Gasteiger partial charge >= 0.3 is 0 Å². The molecule has 1 unspecified atom stereocenters. The lowest BCUT2D eigenvalue weighted by atomic mass is 9.65. The summed E-state index contributed by atoms with van der Waals surface area (Å²) >= 11 is 0. The molecular formula is C12H20BO2. The summed E-state index contributed by atoms with van der Waals surface area (Å²) in [6.07, 6.45) is 0.879. The molecule has 0 saturated heterocycles. The van der Waals surface area contributed by atoms with Crippen molar-refractivity contribution >= 4 is 19.2 Å². The van der Waals surface area contributed by atoms with Gasteiger partial charge in [0.05, 0.1) is 0 Å². The van der Waals surface area contributed by atoms with Crippen molar-refractivity contribution in [3.05, 3.63) is 11.1 Å². The van der Waals surface area contributed by atoms with Crippen molar-refractivity contribution in [2.75, 3.05) is 0 Å². The number of carbonyl (C=O) groups excluding carboxylic acids is 2. The van der Waals surface area contributed by atoms with Crippen molar-refractivity contribution in [1.82, 2.24) is 0 Å². The fourth-order valence-electron chi connectivity index (χ4n) is 1.57. The third-order valence-corrected chi connectivity index (χ3v) is 2.45. The van der Waals surface area contributed by atoms with E-state index in [-0.39, 0.29) is 17.0 Å². The van der Waals surface area contributed by atoms with Gasteiger partial charge in [-0.2, -0.15) is 0 Å². The summed E-state index contributed by atoms with van der Waals surface area (Å²) in [7, 11) is 1.52. The van der Waals surface area contributed by atoms with Crippen LogP contribution in [0.1, 0.15) is 34.6 Å². The number of carbonyl (C=O) groups is 2. The van der Waals surface area contributed by atoms with Crippen molar-refractivity contribution in [3.8, 4) is 0 Å². The van der Waals surface area contributed by atoms with E-state index >= 15 is 0 Å². The highest BCUT2D eigenvalue weighted by Gasteiger charge is 2.31. The van der Waals surface area contributed by atoms with Crippen LogP contribution >= 0.6 is 0 Å². The van der Waals surface area contributed by atoms with Crippen LogP contribution in [0.2, 0.25) is 6.82 Å². The first-order valence-corrected chi connectivity index (χ1v) is 5.22. The summed E-state index contributed by atoms with van der Waals surface area (Å²) in [5.41, 5.74) is 1.31. The van der Waals surface area contributed by atoms with Gasteiger partial charge < -0.3 is 9.59 Å². The smallest absolute Gasteiger partial charge is 0.205 e. The molecule has 83 valence electrons. The Morgan fingerprint density at radius 3 is 1.93 bits per heavy atom. The maximum atomic E-state index is 11.7. The lowest BCUT2D eigenvalue weighted by molar-refractivity contribution is -0.116. The van der Waals surface area contributed by atoms with Gasteiger partial charge in [-0.15, -0.1) is 0 Å². The molecule has 15 heavy (non-hydrogen) atoms. The highest BCUT2D eigenvalue weighted by atomic mass is 16.1. The molecule has 0 aliphatic carbocycles. The third kappa shape index (κ3) is 3.65. The molecule has 2 nitrogen and oxygen atoms in total. The largest absolute Gasteiger partial charge is 0.307 e. The van der Waals surface area contributed by atoms with Crippen LogP contribution < -0.4 is 0 Å². The van der Waals surface area contributed by atoms with Gasteiger partial charge in [-0.1, -0.05) is 33.2 Å². The minimum atomic E-state index is -0.328. The molecule has 1 atom stereocenters. The molecule has 3 heteroatoms. The van der Waals surface area contributed by atoms with Gasteiger partial charge in [-0.25, -0.2) is 0 Å². The second-order valence-corrected chi connectivity index (χ2v) is 5.05. The normalized spacial score (nSPS) is 12.9. The van der Waals surface area contributed by atoms with Crippen LogP contribution in [0.3, 0.4) is 0 Å². The van der Waals surface area contributed by atoms with E-state index in [9.17, 15) is 9.59 Å². The van der Waals surface area contributed by atoms with Gasteiger partial charge in [0.2, 0.25) is 7.28 Å². The van der Waals surface area contributed by atoms with Crippen molar-refractivity contribution < 1.29 is 9.59 Å². The van der Waals surface area contributed by atoms with Crippen molar-refractivity contribution in [2.45, 2.75) is 41.4 Å². The van der Waals surface area contributed by atoms with E-state index < -0.39 is 0 Å². The first-order valence-electron chi connectivity index (χ1n) is 5.22. The first-order chi connectivity index (χ1) is 6.75. The molecule has 0 aromatic carbocycles. The summed E-state index contributed by atoms with van der Waals surface area (Å²) in [5.74, 6) is -0.328. The Labute approximate surface area is 93.4 Å². The molecule has 0 spiro atoms. The first kappa shape index (κ1) is 14.1. The molecule has 0 saturated carbocycles. The van der Waals surface area contributed by atoms with Crippen molar-refractivity contribution in [2.24, 2.45) is 11.3 Å². The zero-order chi connectivity index (χ0) is 12.2. The Kier molecular flexibility index (Phi) is 4.99. The summed E-state index contributed by atoms with van der Waals surface area (Å²) in [6, 6.07) is 0. The molecule has 0 bridgehead atoms. The van der Waals surface area contributed by atoms with E-state index in [0.29, 0.717) is 5.57 Å². The van der Waals surface area contributed by atoms with E-state index in [2.05, 4.69) is 0 Å². The van der Waals surface area contributed by atoms with E-state index in [0.717, 1.165) is 11.9 Å². The Bertz CT molecular complexity index is 280. The zero-order valence-electron chi connectivity index (χ0n) is 10.5.